The van der Waals surface area contributed by atoms with E-state index in [9.17, 15) is 0 Å². The molecule has 0 aromatic carbocycles. The summed E-state index contributed by atoms with van der Waals surface area (Å²) in [6.45, 7) is 0. The van der Waals surface area contributed by atoms with Crippen molar-refractivity contribution < 1.29 is 9.47 Å². The monoisotopic (exact) mass is 140 g/mol. The summed E-state index contributed by atoms with van der Waals surface area (Å²) in [4.78, 5) is 0. The Balaban J connectivity index is 2.99. The van der Waals surface area contributed by atoms with E-state index in [4.69, 9.17) is 20.6 Å². The van der Waals surface area contributed by atoms with Crippen molar-refractivity contribution in [2.75, 3.05) is 14.2 Å². The molecule has 0 saturated carbocycles. The summed E-state index contributed by atoms with van der Waals surface area (Å²) in [6, 6.07) is 0. The van der Waals surface area contributed by atoms with Gasteiger partial charge in [-0.3, -0.25) is 0 Å². The largest absolute Gasteiger partial charge is 0.359 e. The van der Waals surface area contributed by atoms with Gasteiger partial charge in [-0.1, -0.05) is 0 Å². The van der Waals surface area contributed by atoms with Crippen LogP contribution in [0.2, 0.25) is 0 Å². The highest BCUT2D eigenvalue weighted by Gasteiger charge is 1.99. The summed E-state index contributed by atoms with van der Waals surface area (Å²) in [6.07, 6.45) is 0. The molecule has 0 aromatic rings. The zero-order valence-corrected chi connectivity index (χ0v) is 6.65. The summed E-state index contributed by atoms with van der Waals surface area (Å²) in [5.74, 6) is -0.110. The SMILES string of the molecule is COC(OC)[SiH2]Cl. The lowest BCUT2D eigenvalue weighted by atomic mass is 11.3. The van der Waals surface area contributed by atoms with Crippen LogP contribution >= 0.6 is 11.1 Å². The van der Waals surface area contributed by atoms with Crippen LogP contribution in [0, 0.1) is 0 Å². The first-order valence-corrected chi connectivity index (χ1v) is 4.92. The van der Waals surface area contributed by atoms with Crippen molar-refractivity contribution in [1.29, 1.82) is 0 Å². The Labute approximate surface area is 50.3 Å². The molecule has 0 unspecified atom stereocenters. The van der Waals surface area contributed by atoms with Gasteiger partial charge in [0.2, 0.25) is 0 Å². The van der Waals surface area contributed by atoms with Crippen LogP contribution in [-0.2, 0) is 9.47 Å². The highest BCUT2D eigenvalue weighted by Crippen LogP contribution is 1.88. The van der Waals surface area contributed by atoms with E-state index in [0.717, 1.165) is 0 Å². The Hall–Kier alpha value is 0.427. The predicted octanol–water partition coefficient (Wildman–Crippen LogP) is -0.115. The standard InChI is InChI=1S/C3H9ClO2Si/c1-5-3(6-2)7-4/h3H,7H2,1-2H3. The van der Waals surface area contributed by atoms with Gasteiger partial charge in [-0.25, -0.2) is 0 Å². The molecular formula is C3H9ClO2Si. The average Bonchev–Trinajstić information content (AvgIpc) is 1.72. The molecule has 0 fully saturated rings. The number of methoxy groups -OCH3 is 2. The molecule has 0 aliphatic rings. The zero-order chi connectivity index (χ0) is 5.70. The first-order chi connectivity index (χ1) is 3.35. The molecule has 0 aliphatic carbocycles. The van der Waals surface area contributed by atoms with E-state index >= 15 is 0 Å². The van der Waals surface area contributed by atoms with Gasteiger partial charge >= 0.3 is 0 Å². The molecule has 4 heteroatoms. The van der Waals surface area contributed by atoms with Crippen LogP contribution in [0.1, 0.15) is 0 Å². The number of ether oxygens (including phenoxy) is 2. The second-order valence-electron chi connectivity index (χ2n) is 1.06. The minimum absolute atomic E-state index is 0.110. The number of rotatable bonds is 3. The van der Waals surface area contributed by atoms with Gasteiger partial charge in [-0.2, -0.15) is 11.1 Å². The maximum Gasteiger partial charge on any atom is 0.189 e. The van der Waals surface area contributed by atoms with Gasteiger partial charge in [-0.15, -0.1) is 0 Å². The Kier molecular flexibility index (Phi) is 4.86. The number of hydrogen-bond donors (Lipinski definition) is 0. The first kappa shape index (κ1) is 7.43. The second kappa shape index (κ2) is 4.58. The first-order valence-electron chi connectivity index (χ1n) is 1.96. The van der Waals surface area contributed by atoms with Crippen LogP contribution in [-0.4, -0.2) is 29.0 Å². The molecule has 0 aromatic heterocycles. The third-order valence-corrected chi connectivity index (χ3v) is 2.33. The molecule has 0 amide bonds. The summed E-state index contributed by atoms with van der Waals surface area (Å²) < 4.78 is 9.51. The lowest BCUT2D eigenvalue weighted by Gasteiger charge is -2.06. The van der Waals surface area contributed by atoms with E-state index in [0.29, 0.717) is 0 Å². The van der Waals surface area contributed by atoms with E-state index < -0.39 is 8.83 Å². The normalized spacial score (nSPS) is 12.0. The predicted molar refractivity (Wildman–Crippen MR) is 32.2 cm³/mol. The van der Waals surface area contributed by atoms with Crippen molar-refractivity contribution in [1.82, 2.24) is 0 Å². The van der Waals surface area contributed by atoms with Crippen LogP contribution in [0.15, 0.2) is 0 Å². The summed E-state index contributed by atoms with van der Waals surface area (Å²) in [7, 11) is 2.53. The molecule has 0 aliphatic heterocycles. The molecule has 0 rings (SSSR count). The molecule has 44 valence electrons. The van der Waals surface area contributed by atoms with Gasteiger partial charge in [0.1, 0.15) is 0 Å². The minimum Gasteiger partial charge on any atom is -0.359 e. The lowest BCUT2D eigenvalue weighted by Crippen LogP contribution is -2.16. The average molecular weight is 141 g/mol. The molecule has 0 radical (unpaired) electrons. The Morgan fingerprint density at radius 1 is 1.43 bits per heavy atom. The summed E-state index contributed by atoms with van der Waals surface area (Å²) in [5.41, 5.74) is 0. The molecule has 0 bridgehead atoms. The smallest absolute Gasteiger partial charge is 0.189 e. The van der Waals surface area contributed by atoms with Crippen LogP contribution < -0.4 is 0 Å². The number of halogens is 1. The van der Waals surface area contributed by atoms with Crippen LogP contribution in [0.25, 0.3) is 0 Å². The Morgan fingerprint density at radius 3 is 1.86 bits per heavy atom. The van der Waals surface area contributed by atoms with E-state index in [1.807, 2.05) is 0 Å². The molecule has 0 atom stereocenters. The third-order valence-electron chi connectivity index (χ3n) is 0.652. The van der Waals surface area contributed by atoms with Crippen LogP contribution in [0.4, 0.5) is 0 Å². The van der Waals surface area contributed by atoms with Crippen molar-refractivity contribution >= 4 is 19.9 Å². The zero-order valence-electron chi connectivity index (χ0n) is 4.48. The molecular weight excluding hydrogens is 132 g/mol. The van der Waals surface area contributed by atoms with Gasteiger partial charge in [0.25, 0.3) is 0 Å². The summed E-state index contributed by atoms with van der Waals surface area (Å²) >= 11 is 5.46. The van der Waals surface area contributed by atoms with Gasteiger partial charge in [0.05, 0.1) is 0 Å². The van der Waals surface area contributed by atoms with Crippen molar-refractivity contribution in [3.05, 3.63) is 0 Å². The van der Waals surface area contributed by atoms with E-state index in [1.165, 1.54) is 0 Å². The van der Waals surface area contributed by atoms with Crippen LogP contribution in [0.5, 0.6) is 0 Å². The highest BCUT2D eigenvalue weighted by molar-refractivity contribution is 6.94. The Morgan fingerprint density at radius 2 is 1.86 bits per heavy atom. The molecule has 0 saturated heterocycles. The second-order valence-corrected chi connectivity index (χ2v) is 2.96. The van der Waals surface area contributed by atoms with Crippen molar-refractivity contribution in [2.45, 2.75) is 5.91 Å². The van der Waals surface area contributed by atoms with Crippen LogP contribution in [0.3, 0.4) is 0 Å². The van der Waals surface area contributed by atoms with Gasteiger partial charge in [0.15, 0.2) is 14.7 Å². The molecule has 7 heavy (non-hydrogen) atoms. The van der Waals surface area contributed by atoms with E-state index in [-0.39, 0.29) is 5.91 Å². The molecule has 0 N–H and O–H groups in total. The van der Waals surface area contributed by atoms with E-state index in [1.54, 1.807) is 14.2 Å². The summed E-state index contributed by atoms with van der Waals surface area (Å²) in [5, 5.41) is 0. The quantitative estimate of drug-likeness (QED) is 0.309. The fourth-order valence-electron chi connectivity index (χ4n) is 0.222. The topological polar surface area (TPSA) is 18.5 Å². The van der Waals surface area contributed by atoms with Crippen molar-refractivity contribution in [3.63, 3.8) is 0 Å². The third kappa shape index (κ3) is 3.05. The molecule has 0 spiro atoms. The fourth-order valence-corrected chi connectivity index (χ4v) is 1.23. The van der Waals surface area contributed by atoms with E-state index in [2.05, 4.69) is 0 Å². The highest BCUT2D eigenvalue weighted by atomic mass is 35.6. The van der Waals surface area contributed by atoms with Gasteiger partial charge < -0.3 is 9.47 Å². The van der Waals surface area contributed by atoms with Crippen molar-refractivity contribution in [3.8, 4) is 0 Å². The van der Waals surface area contributed by atoms with Gasteiger partial charge in [0, 0.05) is 14.2 Å². The molecule has 0 heterocycles. The van der Waals surface area contributed by atoms with Gasteiger partial charge in [-0.05, 0) is 0 Å². The maximum atomic E-state index is 5.46. The Bertz CT molecular complexity index is 34.4. The number of hydrogen-bond acceptors (Lipinski definition) is 2. The maximum absolute atomic E-state index is 5.46. The molecule has 2 nitrogen and oxygen atoms in total. The fraction of sp³-hybridized carbons (Fsp3) is 1.00. The minimum atomic E-state index is -0.644. The lowest BCUT2D eigenvalue weighted by molar-refractivity contribution is -0.0422. The van der Waals surface area contributed by atoms with Crippen molar-refractivity contribution in [2.24, 2.45) is 0 Å².